The Morgan fingerprint density at radius 1 is 1.15 bits per heavy atom. The van der Waals surface area contributed by atoms with Crippen LogP contribution in [-0.2, 0) is 14.4 Å². The van der Waals surface area contributed by atoms with E-state index in [9.17, 15) is 19.7 Å². The number of Topliss-reactive ketones (excluding diaryl/α,β-unsaturated/α-hetero) is 2. The molecule has 6 atom stereocenters. The largest absolute Gasteiger partial charge is 0.302 e. The Kier molecular flexibility index (Phi) is 3.37. The van der Waals surface area contributed by atoms with Crippen LogP contribution in [0.1, 0.15) is 59.8 Å². The van der Waals surface area contributed by atoms with E-state index >= 15 is 0 Å². The van der Waals surface area contributed by atoms with Crippen molar-refractivity contribution in [1.82, 2.24) is 0 Å². The molecule has 0 amide bonds. The van der Waals surface area contributed by atoms with Gasteiger partial charge in [-0.2, -0.15) is 0 Å². The van der Waals surface area contributed by atoms with Crippen LogP contribution in [0.15, 0.2) is 12.2 Å². The average Bonchev–Trinajstić information content (AvgIpc) is 2.81. The van der Waals surface area contributed by atoms with E-state index in [0.29, 0.717) is 6.42 Å². The maximum atomic E-state index is 12.9. The van der Waals surface area contributed by atoms with Crippen molar-refractivity contribution in [2.24, 2.45) is 33.5 Å². The van der Waals surface area contributed by atoms with E-state index < -0.39 is 16.6 Å². The van der Waals surface area contributed by atoms with Crippen molar-refractivity contribution in [3.8, 4) is 0 Å². The summed E-state index contributed by atoms with van der Waals surface area (Å²) in [6.45, 7) is 7.99. The summed E-state index contributed by atoms with van der Waals surface area (Å²) in [5.41, 5.74) is -1.34. The minimum absolute atomic E-state index is 0.0128. The zero-order valence-electron chi connectivity index (χ0n) is 15.9. The van der Waals surface area contributed by atoms with Crippen LogP contribution in [0.25, 0.3) is 0 Å². The van der Waals surface area contributed by atoms with E-state index in [1.54, 1.807) is 0 Å². The van der Waals surface area contributed by atoms with Crippen LogP contribution >= 0.6 is 0 Å². The molecule has 0 aromatic heterocycles. The molecular weight excluding hydrogens is 334 g/mol. The first-order valence-corrected chi connectivity index (χ1v) is 9.52. The number of fused-ring (bicyclic) bond motifs is 3. The first-order valence-electron chi connectivity index (χ1n) is 9.52. The third-order valence-electron chi connectivity index (χ3n) is 8.30. The summed E-state index contributed by atoms with van der Waals surface area (Å²) in [5.74, 6) is 0.292. The Balaban J connectivity index is 1.75. The van der Waals surface area contributed by atoms with Crippen LogP contribution in [0, 0.1) is 43.6 Å². The number of nitrogens with zero attached hydrogens (tertiary/aromatic N) is 1. The van der Waals surface area contributed by atoms with Crippen LogP contribution in [0.5, 0.6) is 0 Å². The topological polar surface area (TPSA) is 86.5 Å². The van der Waals surface area contributed by atoms with Gasteiger partial charge in [0.1, 0.15) is 5.78 Å². The molecule has 4 aliphatic carbocycles. The van der Waals surface area contributed by atoms with E-state index in [2.05, 4.69) is 19.1 Å². The number of rotatable bonds is 2. The summed E-state index contributed by atoms with van der Waals surface area (Å²) in [7, 11) is 0. The maximum Gasteiger partial charge on any atom is 0.295 e. The Bertz CT molecular complexity index is 742. The van der Waals surface area contributed by atoms with Gasteiger partial charge in [-0.25, -0.2) is 0 Å². The number of hydrogen-bond donors (Lipinski definition) is 0. The Morgan fingerprint density at radius 2 is 1.85 bits per heavy atom. The average molecular weight is 361 g/mol. The zero-order valence-corrected chi connectivity index (χ0v) is 15.9. The highest BCUT2D eigenvalue weighted by atomic mass is 17.0. The standard InChI is InChI=1S/C20H27NO5/c1-17(2)13-5-6-20-8-7-18(3,11-20)15(23)9-14(20)19(13,4)10-12(22)16(17)26-21(24)25/h7-8,13-14,16H,5-6,9-11H2,1-4H3. The molecule has 26 heavy (non-hydrogen) atoms. The van der Waals surface area contributed by atoms with Gasteiger partial charge < -0.3 is 4.84 Å². The highest BCUT2D eigenvalue weighted by Gasteiger charge is 2.68. The van der Waals surface area contributed by atoms with Gasteiger partial charge in [-0.05, 0) is 48.9 Å². The van der Waals surface area contributed by atoms with Crippen molar-refractivity contribution in [1.29, 1.82) is 0 Å². The van der Waals surface area contributed by atoms with Crippen LogP contribution in [0.4, 0.5) is 0 Å². The molecule has 6 heteroatoms. The second-order valence-electron chi connectivity index (χ2n) is 10.1. The quantitative estimate of drug-likeness (QED) is 0.427. The molecule has 4 aliphatic rings. The van der Waals surface area contributed by atoms with Crippen molar-refractivity contribution in [2.75, 3.05) is 0 Å². The molecular formula is C20H27NO5. The fourth-order valence-corrected chi connectivity index (χ4v) is 7.24. The smallest absolute Gasteiger partial charge is 0.295 e. The lowest BCUT2D eigenvalue weighted by molar-refractivity contribution is -0.769. The molecule has 0 heterocycles. The third-order valence-corrected chi connectivity index (χ3v) is 8.30. The minimum Gasteiger partial charge on any atom is -0.302 e. The Labute approximate surface area is 153 Å². The number of allylic oxidation sites excluding steroid dienone is 2. The molecule has 142 valence electrons. The molecule has 0 aliphatic heterocycles. The van der Waals surface area contributed by atoms with Gasteiger partial charge in [-0.1, -0.05) is 32.9 Å². The molecule has 6 unspecified atom stereocenters. The molecule has 0 aromatic carbocycles. The lowest BCUT2D eigenvalue weighted by atomic mass is 9.40. The van der Waals surface area contributed by atoms with Gasteiger partial charge in [-0.15, -0.1) is 10.1 Å². The van der Waals surface area contributed by atoms with Gasteiger partial charge in [0.15, 0.2) is 11.9 Å². The van der Waals surface area contributed by atoms with Gasteiger partial charge in [0.25, 0.3) is 5.09 Å². The number of hydrogen-bond acceptors (Lipinski definition) is 5. The second-order valence-corrected chi connectivity index (χ2v) is 10.1. The number of carbonyl (C=O) groups is 2. The Morgan fingerprint density at radius 3 is 2.50 bits per heavy atom. The first kappa shape index (κ1) is 17.7. The SMILES string of the molecule is CC12C=CC3(CCC4C(C)(C)C(O[N+](=O)[O-])C(=O)CC4(C)C3CC1=O)C2. The highest BCUT2D eigenvalue weighted by Crippen LogP contribution is 2.70. The van der Waals surface area contributed by atoms with Crippen LogP contribution < -0.4 is 0 Å². The first-order chi connectivity index (χ1) is 11.9. The summed E-state index contributed by atoms with van der Waals surface area (Å²) in [5, 5.41) is 10.1. The number of ketones is 2. The molecule has 3 saturated carbocycles. The fourth-order valence-electron chi connectivity index (χ4n) is 7.24. The van der Waals surface area contributed by atoms with E-state index in [4.69, 9.17) is 4.84 Å². The van der Waals surface area contributed by atoms with E-state index in [0.717, 1.165) is 19.3 Å². The van der Waals surface area contributed by atoms with Crippen molar-refractivity contribution in [3.05, 3.63) is 22.3 Å². The fraction of sp³-hybridized carbons (Fsp3) is 0.800. The summed E-state index contributed by atoms with van der Waals surface area (Å²) < 4.78 is 0. The van der Waals surface area contributed by atoms with Crippen molar-refractivity contribution >= 4 is 11.6 Å². The van der Waals surface area contributed by atoms with Gasteiger partial charge in [0, 0.05) is 23.7 Å². The molecule has 0 aromatic rings. The van der Waals surface area contributed by atoms with Gasteiger partial charge in [0.05, 0.1) is 0 Å². The molecule has 1 spiro atoms. The van der Waals surface area contributed by atoms with Crippen molar-refractivity contribution in [3.63, 3.8) is 0 Å². The van der Waals surface area contributed by atoms with Crippen LogP contribution in [0.3, 0.4) is 0 Å². The van der Waals surface area contributed by atoms with E-state index in [-0.39, 0.29) is 46.1 Å². The summed E-state index contributed by atoms with van der Waals surface area (Å²) in [6.07, 6.45) is 6.79. The summed E-state index contributed by atoms with van der Waals surface area (Å²) >= 11 is 0. The maximum absolute atomic E-state index is 12.9. The van der Waals surface area contributed by atoms with Gasteiger partial charge >= 0.3 is 0 Å². The lowest BCUT2D eigenvalue weighted by Crippen LogP contribution is -2.63. The Hall–Kier alpha value is -1.72. The molecule has 0 N–H and O–H groups in total. The minimum atomic E-state index is -1.02. The predicted octanol–water partition coefficient (Wildman–Crippen LogP) is 3.52. The number of carbonyl (C=O) groups excluding carboxylic acids is 2. The molecule has 0 radical (unpaired) electrons. The molecule has 3 fully saturated rings. The molecule has 6 nitrogen and oxygen atoms in total. The zero-order chi connectivity index (χ0) is 19.1. The normalized spacial score (nSPS) is 48.7. The lowest BCUT2D eigenvalue weighted by Gasteiger charge is -2.64. The van der Waals surface area contributed by atoms with Gasteiger partial charge in [-0.3, -0.25) is 9.59 Å². The monoisotopic (exact) mass is 361 g/mol. The van der Waals surface area contributed by atoms with E-state index in [1.807, 2.05) is 20.8 Å². The van der Waals surface area contributed by atoms with Crippen molar-refractivity contribution < 1.29 is 19.5 Å². The summed E-state index contributed by atoms with van der Waals surface area (Å²) in [6, 6.07) is 0. The van der Waals surface area contributed by atoms with Gasteiger partial charge in [0.2, 0.25) is 0 Å². The van der Waals surface area contributed by atoms with E-state index in [1.165, 1.54) is 0 Å². The highest BCUT2D eigenvalue weighted by molar-refractivity contribution is 5.90. The van der Waals surface area contributed by atoms with Crippen LogP contribution in [-0.4, -0.2) is 22.8 Å². The van der Waals surface area contributed by atoms with Crippen molar-refractivity contribution in [2.45, 2.75) is 65.9 Å². The molecule has 0 saturated heterocycles. The molecule has 2 bridgehead atoms. The third kappa shape index (κ3) is 2.04. The van der Waals surface area contributed by atoms with Crippen LogP contribution in [0.2, 0.25) is 0 Å². The summed E-state index contributed by atoms with van der Waals surface area (Å²) in [4.78, 5) is 41.5. The molecule has 4 rings (SSSR count). The predicted molar refractivity (Wildman–Crippen MR) is 93.5 cm³/mol. The second kappa shape index (κ2) is 4.96.